The molecule has 2 atom stereocenters. The minimum Gasteiger partial charge on any atom is -0.326 e. The van der Waals surface area contributed by atoms with Crippen molar-refractivity contribution in [2.45, 2.75) is 39.8 Å². The van der Waals surface area contributed by atoms with E-state index in [9.17, 15) is 0 Å². The molecule has 0 bridgehead atoms. The molecule has 0 aliphatic heterocycles. The van der Waals surface area contributed by atoms with E-state index in [1.807, 2.05) is 19.0 Å². The zero-order chi connectivity index (χ0) is 9.94. The minimum atomic E-state index is 0.106. The van der Waals surface area contributed by atoms with Gasteiger partial charge in [0.2, 0.25) is 0 Å². The van der Waals surface area contributed by atoms with Crippen molar-refractivity contribution in [2.24, 2.45) is 11.1 Å². The highest BCUT2D eigenvalue weighted by atomic mass is 16.7. The van der Waals surface area contributed by atoms with Gasteiger partial charge in [-0.2, -0.15) is 5.06 Å². The second-order valence-corrected chi connectivity index (χ2v) is 4.40. The first-order valence-corrected chi connectivity index (χ1v) is 4.33. The molecule has 0 heterocycles. The third-order valence-corrected chi connectivity index (χ3v) is 2.07. The van der Waals surface area contributed by atoms with Gasteiger partial charge in [0.25, 0.3) is 0 Å². The van der Waals surface area contributed by atoms with Gasteiger partial charge in [-0.25, -0.2) is 0 Å². The molecule has 0 aromatic rings. The highest BCUT2D eigenvalue weighted by Crippen LogP contribution is 2.25. The lowest BCUT2D eigenvalue weighted by molar-refractivity contribution is -0.169. The molecule has 0 saturated heterocycles. The average molecular weight is 174 g/mol. The first-order chi connectivity index (χ1) is 5.30. The number of likely N-dealkylation sites (N-methyl/N-ethyl adjacent to an activating group) is 1. The first-order valence-electron chi connectivity index (χ1n) is 4.33. The van der Waals surface area contributed by atoms with Crippen molar-refractivity contribution in [3.05, 3.63) is 0 Å². The Labute approximate surface area is 75.8 Å². The predicted molar refractivity (Wildman–Crippen MR) is 51.7 cm³/mol. The average Bonchev–Trinajstić information content (AvgIpc) is 1.83. The van der Waals surface area contributed by atoms with Gasteiger partial charge in [-0.05, 0) is 12.3 Å². The largest absolute Gasteiger partial charge is 0.326 e. The van der Waals surface area contributed by atoms with Crippen LogP contribution in [-0.2, 0) is 4.84 Å². The van der Waals surface area contributed by atoms with E-state index in [1.54, 1.807) is 7.11 Å². The molecule has 0 saturated carbocycles. The number of nitrogens with two attached hydrogens (primary N) is 1. The summed E-state index contributed by atoms with van der Waals surface area (Å²) in [4.78, 5) is 5.15. The van der Waals surface area contributed by atoms with Crippen LogP contribution in [0.5, 0.6) is 0 Å². The number of hydroxylamine groups is 2. The number of hydrogen-bond acceptors (Lipinski definition) is 3. The molecule has 0 amide bonds. The Kier molecular flexibility index (Phi) is 4.17. The summed E-state index contributed by atoms with van der Waals surface area (Å²) < 4.78 is 0. The molecule has 0 rings (SSSR count). The third kappa shape index (κ3) is 3.09. The molecule has 2 N–H and O–H groups in total. The van der Waals surface area contributed by atoms with Gasteiger partial charge in [0.1, 0.15) is 0 Å². The van der Waals surface area contributed by atoms with Gasteiger partial charge in [-0.1, -0.05) is 20.8 Å². The van der Waals surface area contributed by atoms with Crippen LogP contribution in [0.15, 0.2) is 0 Å². The van der Waals surface area contributed by atoms with Gasteiger partial charge < -0.3 is 10.6 Å². The van der Waals surface area contributed by atoms with E-state index >= 15 is 0 Å². The fourth-order valence-electron chi connectivity index (χ4n) is 1.78. The van der Waals surface area contributed by atoms with Crippen LogP contribution in [0.2, 0.25) is 0 Å². The van der Waals surface area contributed by atoms with Gasteiger partial charge in [0, 0.05) is 13.1 Å². The van der Waals surface area contributed by atoms with Gasteiger partial charge in [0.05, 0.1) is 13.2 Å². The Hall–Kier alpha value is -0.120. The highest BCUT2D eigenvalue weighted by Gasteiger charge is 2.31. The third-order valence-electron chi connectivity index (χ3n) is 2.07. The molecule has 0 aromatic heterocycles. The summed E-state index contributed by atoms with van der Waals surface area (Å²) in [5, 5.41) is 1.82. The number of rotatable bonds is 3. The van der Waals surface area contributed by atoms with Crippen molar-refractivity contribution in [2.75, 3.05) is 14.2 Å². The Morgan fingerprint density at radius 1 is 1.33 bits per heavy atom. The van der Waals surface area contributed by atoms with Gasteiger partial charge >= 0.3 is 0 Å². The van der Waals surface area contributed by atoms with E-state index in [0.29, 0.717) is 0 Å². The van der Waals surface area contributed by atoms with Crippen LogP contribution in [0.4, 0.5) is 0 Å². The van der Waals surface area contributed by atoms with Gasteiger partial charge in [-0.15, -0.1) is 0 Å². The summed E-state index contributed by atoms with van der Waals surface area (Å²) in [7, 11) is 3.58. The summed E-state index contributed by atoms with van der Waals surface area (Å²) in [6, 6.07) is 0.345. The monoisotopic (exact) mass is 174 g/mol. The molecular formula is C9H22N2O. The molecule has 3 heteroatoms. The lowest BCUT2D eigenvalue weighted by Gasteiger charge is -2.38. The van der Waals surface area contributed by atoms with E-state index in [2.05, 4.69) is 20.8 Å². The lowest BCUT2D eigenvalue weighted by Crippen LogP contribution is -2.51. The van der Waals surface area contributed by atoms with E-state index < -0.39 is 0 Å². The molecular weight excluding hydrogens is 152 g/mol. The topological polar surface area (TPSA) is 38.5 Å². The van der Waals surface area contributed by atoms with Crippen molar-refractivity contribution < 1.29 is 4.84 Å². The second kappa shape index (κ2) is 4.21. The summed E-state index contributed by atoms with van der Waals surface area (Å²) >= 11 is 0. The molecule has 0 aromatic carbocycles. The van der Waals surface area contributed by atoms with Crippen molar-refractivity contribution in [3.63, 3.8) is 0 Å². The van der Waals surface area contributed by atoms with Gasteiger partial charge in [0.15, 0.2) is 0 Å². The maximum atomic E-state index is 5.88. The fourth-order valence-corrected chi connectivity index (χ4v) is 1.78. The van der Waals surface area contributed by atoms with Crippen LogP contribution in [0.25, 0.3) is 0 Å². The van der Waals surface area contributed by atoms with Crippen molar-refractivity contribution >= 4 is 0 Å². The van der Waals surface area contributed by atoms with Crippen molar-refractivity contribution in [1.82, 2.24) is 5.06 Å². The molecule has 3 nitrogen and oxygen atoms in total. The van der Waals surface area contributed by atoms with Crippen molar-refractivity contribution in [3.8, 4) is 0 Å². The van der Waals surface area contributed by atoms with Crippen molar-refractivity contribution in [1.29, 1.82) is 0 Å². The molecule has 12 heavy (non-hydrogen) atoms. The zero-order valence-electron chi connectivity index (χ0n) is 9.09. The number of nitrogens with zero attached hydrogens (tertiary/aromatic N) is 1. The Morgan fingerprint density at radius 2 is 1.75 bits per heavy atom. The lowest BCUT2D eigenvalue weighted by atomic mass is 9.83. The molecule has 0 spiro atoms. The summed E-state index contributed by atoms with van der Waals surface area (Å²) in [5.41, 5.74) is 6.02. The minimum absolute atomic E-state index is 0.106. The highest BCUT2D eigenvalue weighted by molar-refractivity contribution is 4.85. The fraction of sp³-hybridized carbons (Fsp3) is 1.00. The Bertz CT molecular complexity index is 129. The van der Waals surface area contributed by atoms with Crippen LogP contribution >= 0.6 is 0 Å². The standard InChI is InChI=1S/C9H22N2O/c1-7(10)8(9(2,3)4)11(5)12-6/h7-8H,10H2,1-6H3. The maximum Gasteiger partial charge on any atom is 0.0575 e. The normalized spacial score (nSPS) is 18.0. The SMILES string of the molecule is CON(C)C(C(C)N)C(C)(C)C. The molecule has 2 unspecified atom stereocenters. The van der Waals surface area contributed by atoms with Crippen LogP contribution < -0.4 is 5.73 Å². The summed E-state index contributed by atoms with van der Waals surface area (Å²) in [5.74, 6) is 0. The summed E-state index contributed by atoms with van der Waals surface area (Å²) in [6.07, 6.45) is 0. The number of hydrogen-bond donors (Lipinski definition) is 1. The van der Waals surface area contributed by atoms with Gasteiger partial charge in [-0.3, -0.25) is 0 Å². The Balaban J connectivity index is 4.44. The summed E-state index contributed by atoms with van der Waals surface area (Å²) in [6.45, 7) is 8.50. The quantitative estimate of drug-likeness (QED) is 0.654. The van der Waals surface area contributed by atoms with E-state index in [0.717, 1.165) is 0 Å². The maximum absolute atomic E-state index is 5.88. The molecule has 0 fully saturated rings. The van der Waals surface area contributed by atoms with Crippen LogP contribution in [0.3, 0.4) is 0 Å². The molecule has 0 aliphatic carbocycles. The molecule has 74 valence electrons. The van der Waals surface area contributed by atoms with Crippen LogP contribution in [-0.4, -0.2) is 31.3 Å². The predicted octanol–water partition coefficient (Wildman–Crippen LogP) is 1.24. The Morgan fingerprint density at radius 3 is 1.83 bits per heavy atom. The second-order valence-electron chi connectivity index (χ2n) is 4.40. The van der Waals surface area contributed by atoms with Crippen LogP contribution in [0, 0.1) is 5.41 Å². The molecule has 0 aliphatic rings. The van der Waals surface area contributed by atoms with Crippen LogP contribution in [0.1, 0.15) is 27.7 Å². The molecule has 0 radical (unpaired) electrons. The smallest absolute Gasteiger partial charge is 0.0575 e. The van der Waals surface area contributed by atoms with E-state index in [4.69, 9.17) is 10.6 Å². The first kappa shape index (κ1) is 11.9. The van der Waals surface area contributed by atoms with E-state index in [-0.39, 0.29) is 17.5 Å². The van der Waals surface area contributed by atoms with E-state index in [1.165, 1.54) is 0 Å². The zero-order valence-corrected chi connectivity index (χ0v) is 9.09.